The van der Waals surface area contributed by atoms with Gasteiger partial charge in [-0.1, -0.05) is 0 Å². The van der Waals surface area contributed by atoms with Gasteiger partial charge in [0.05, 0.1) is 27.6 Å². The van der Waals surface area contributed by atoms with Gasteiger partial charge < -0.3 is 10.1 Å². The van der Waals surface area contributed by atoms with Crippen molar-refractivity contribution in [2.24, 2.45) is 0 Å². The smallest absolute Gasteiger partial charge is 0.227 e. The second kappa shape index (κ2) is 11.7. The van der Waals surface area contributed by atoms with Gasteiger partial charge in [0.25, 0.3) is 0 Å². The van der Waals surface area contributed by atoms with E-state index in [1.165, 1.54) is 25.2 Å². The standard InChI is InChI=1S/C27H35FN6O3S/c1-19-16-29-26(32-20-7-8-25(23(28)14-20)37-12-11-34-9-5-6-10-34)33-24(19)15-21-13-22(31-18-30-21)17-38(35,36)27(2,3)4/h7-8,13-14,16,18H,5-6,9-12,15,17H2,1-4H3,(H,29,32,33). The lowest BCUT2D eigenvalue weighted by molar-refractivity contribution is 0.231. The molecule has 9 nitrogen and oxygen atoms in total. The molecule has 0 bridgehead atoms. The Morgan fingerprint density at radius 1 is 1.08 bits per heavy atom. The van der Waals surface area contributed by atoms with Gasteiger partial charge in [-0.15, -0.1) is 0 Å². The third-order valence-corrected chi connectivity index (χ3v) is 9.07. The van der Waals surface area contributed by atoms with Crippen molar-refractivity contribution >= 4 is 21.5 Å². The number of nitrogens with one attached hydrogen (secondary N) is 1. The third-order valence-electron chi connectivity index (χ3n) is 6.53. The largest absolute Gasteiger partial charge is 0.489 e. The predicted molar refractivity (Wildman–Crippen MR) is 145 cm³/mol. The van der Waals surface area contributed by atoms with Crippen molar-refractivity contribution in [2.75, 3.05) is 31.6 Å². The van der Waals surface area contributed by atoms with E-state index < -0.39 is 20.4 Å². The molecule has 1 saturated heterocycles. The van der Waals surface area contributed by atoms with Crippen molar-refractivity contribution in [1.29, 1.82) is 0 Å². The number of ether oxygens (including phenoxy) is 1. The van der Waals surface area contributed by atoms with Gasteiger partial charge in [0.1, 0.15) is 12.9 Å². The summed E-state index contributed by atoms with van der Waals surface area (Å²) in [5.74, 6) is -0.0847. The van der Waals surface area contributed by atoms with Gasteiger partial charge in [0.2, 0.25) is 5.95 Å². The van der Waals surface area contributed by atoms with Crippen LogP contribution < -0.4 is 10.1 Å². The summed E-state index contributed by atoms with van der Waals surface area (Å²) in [6.45, 7) is 10.3. The Balaban J connectivity index is 1.41. The van der Waals surface area contributed by atoms with Crippen molar-refractivity contribution in [2.45, 2.75) is 57.5 Å². The van der Waals surface area contributed by atoms with Gasteiger partial charge in [-0.2, -0.15) is 0 Å². The number of aryl methyl sites for hydroxylation is 1. The van der Waals surface area contributed by atoms with Crippen LogP contribution in [0.3, 0.4) is 0 Å². The van der Waals surface area contributed by atoms with E-state index >= 15 is 0 Å². The highest BCUT2D eigenvalue weighted by molar-refractivity contribution is 7.91. The first-order valence-electron chi connectivity index (χ1n) is 12.8. The molecule has 204 valence electrons. The Hall–Kier alpha value is -3.18. The molecule has 0 aliphatic carbocycles. The molecule has 38 heavy (non-hydrogen) atoms. The van der Waals surface area contributed by atoms with Crippen molar-refractivity contribution in [3.63, 3.8) is 0 Å². The van der Waals surface area contributed by atoms with Gasteiger partial charge in [-0.05, 0) is 77.4 Å². The molecule has 11 heteroatoms. The minimum atomic E-state index is -3.37. The van der Waals surface area contributed by atoms with Crippen LogP contribution in [-0.4, -0.2) is 64.2 Å². The number of aromatic nitrogens is 4. The van der Waals surface area contributed by atoms with E-state index in [4.69, 9.17) is 4.74 Å². The van der Waals surface area contributed by atoms with Gasteiger partial charge in [0.15, 0.2) is 21.4 Å². The fourth-order valence-electron chi connectivity index (χ4n) is 4.03. The lowest BCUT2D eigenvalue weighted by Gasteiger charge is -2.18. The summed E-state index contributed by atoms with van der Waals surface area (Å²) in [5, 5.41) is 3.05. The van der Waals surface area contributed by atoms with Crippen molar-refractivity contribution < 1.29 is 17.5 Å². The quantitative estimate of drug-likeness (QED) is 0.402. The highest BCUT2D eigenvalue weighted by Crippen LogP contribution is 2.24. The van der Waals surface area contributed by atoms with Crippen LogP contribution in [0.2, 0.25) is 0 Å². The molecule has 0 atom stereocenters. The van der Waals surface area contributed by atoms with Crippen LogP contribution in [0.15, 0.2) is 36.8 Å². The molecular weight excluding hydrogens is 507 g/mol. The molecule has 0 radical (unpaired) electrons. The van der Waals surface area contributed by atoms with E-state index in [0.717, 1.165) is 25.2 Å². The van der Waals surface area contributed by atoms with E-state index in [9.17, 15) is 12.8 Å². The molecule has 1 aliphatic rings. The van der Waals surface area contributed by atoms with E-state index in [0.29, 0.717) is 41.7 Å². The second-order valence-electron chi connectivity index (χ2n) is 10.5. The number of benzene rings is 1. The van der Waals surface area contributed by atoms with E-state index in [-0.39, 0.29) is 11.5 Å². The summed E-state index contributed by atoms with van der Waals surface area (Å²) < 4.78 is 44.6. The summed E-state index contributed by atoms with van der Waals surface area (Å²) in [5.41, 5.74) is 3.15. The maximum Gasteiger partial charge on any atom is 0.227 e. The normalized spacial score (nSPS) is 14.6. The zero-order valence-corrected chi connectivity index (χ0v) is 23.2. The summed E-state index contributed by atoms with van der Waals surface area (Å²) in [6.07, 6.45) is 5.84. The zero-order chi connectivity index (χ0) is 27.3. The van der Waals surface area contributed by atoms with Gasteiger partial charge in [-0.25, -0.2) is 32.7 Å². The van der Waals surface area contributed by atoms with Gasteiger partial charge >= 0.3 is 0 Å². The van der Waals surface area contributed by atoms with Crippen LogP contribution in [0, 0.1) is 12.7 Å². The minimum Gasteiger partial charge on any atom is -0.489 e. The first-order valence-corrected chi connectivity index (χ1v) is 14.4. The minimum absolute atomic E-state index is 0.162. The number of sulfone groups is 1. The average molecular weight is 543 g/mol. The van der Waals surface area contributed by atoms with Crippen LogP contribution in [-0.2, 0) is 22.0 Å². The Kier molecular flexibility index (Phi) is 8.57. The van der Waals surface area contributed by atoms with Crippen LogP contribution in [0.4, 0.5) is 16.0 Å². The molecule has 1 N–H and O–H groups in total. The molecule has 0 unspecified atom stereocenters. The first kappa shape index (κ1) is 27.8. The molecular formula is C27H35FN6O3S. The number of halogens is 1. The molecule has 3 heterocycles. The Morgan fingerprint density at radius 2 is 1.82 bits per heavy atom. The molecule has 0 spiro atoms. The number of rotatable bonds is 10. The van der Waals surface area contributed by atoms with E-state index in [1.54, 1.807) is 45.2 Å². The molecule has 2 aromatic heterocycles. The van der Waals surface area contributed by atoms with Crippen molar-refractivity contribution in [1.82, 2.24) is 24.8 Å². The van der Waals surface area contributed by atoms with Crippen LogP contribution in [0.5, 0.6) is 5.75 Å². The Bertz CT molecular complexity index is 1370. The lowest BCUT2D eigenvalue weighted by atomic mass is 10.1. The van der Waals surface area contributed by atoms with Crippen LogP contribution >= 0.6 is 0 Å². The fourth-order valence-corrected chi connectivity index (χ4v) is 5.01. The zero-order valence-electron chi connectivity index (χ0n) is 22.4. The van der Waals surface area contributed by atoms with Crippen LogP contribution in [0.25, 0.3) is 0 Å². The molecule has 1 aromatic carbocycles. The van der Waals surface area contributed by atoms with Crippen molar-refractivity contribution in [3.05, 3.63) is 65.3 Å². The highest BCUT2D eigenvalue weighted by atomic mass is 32.2. The highest BCUT2D eigenvalue weighted by Gasteiger charge is 2.29. The number of hydrogen-bond acceptors (Lipinski definition) is 9. The lowest BCUT2D eigenvalue weighted by Crippen LogP contribution is -2.29. The number of nitrogens with zero attached hydrogens (tertiary/aromatic N) is 5. The molecule has 0 amide bonds. The van der Waals surface area contributed by atoms with Gasteiger partial charge in [0, 0.05) is 30.9 Å². The van der Waals surface area contributed by atoms with Crippen molar-refractivity contribution in [3.8, 4) is 5.75 Å². The van der Waals surface area contributed by atoms with Gasteiger partial charge in [-0.3, -0.25) is 4.90 Å². The molecule has 1 fully saturated rings. The molecule has 4 rings (SSSR count). The summed E-state index contributed by atoms with van der Waals surface area (Å²) >= 11 is 0. The number of likely N-dealkylation sites (tertiary alicyclic amines) is 1. The summed E-state index contributed by atoms with van der Waals surface area (Å²) in [4.78, 5) is 19.7. The first-order chi connectivity index (χ1) is 18.0. The SMILES string of the molecule is Cc1cnc(Nc2ccc(OCCN3CCCC3)c(F)c2)nc1Cc1cc(CS(=O)(=O)C(C)(C)C)ncn1. The second-order valence-corrected chi connectivity index (χ2v) is 13.3. The predicted octanol–water partition coefficient (Wildman–Crippen LogP) is 4.24. The van der Waals surface area contributed by atoms with E-state index in [1.807, 2.05) is 6.92 Å². The third kappa shape index (κ3) is 7.22. The molecule has 3 aromatic rings. The topological polar surface area (TPSA) is 110 Å². The number of hydrogen-bond donors (Lipinski definition) is 1. The van der Waals surface area contributed by atoms with E-state index in [2.05, 4.69) is 30.2 Å². The Labute approximate surface area is 223 Å². The average Bonchev–Trinajstić information content (AvgIpc) is 3.35. The molecule has 1 aliphatic heterocycles. The number of anilines is 2. The maximum atomic E-state index is 14.6. The summed E-state index contributed by atoms with van der Waals surface area (Å²) in [7, 11) is -3.37. The summed E-state index contributed by atoms with van der Waals surface area (Å²) in [6, 6.07) is 6.38. The fraction of sp³-hybridized carbons (Fsp3) is 0.481. The monoisotopic (exact) mass is 542 g/mol. The Morgan fingerprint density at radius 3 is 2.53 bits per heavy atom. The maximum absolute atomic E-state index is 14.6. The van der Waals surface area contributed by atoms with Crippen LogP contribution in [0.1, 0.15) is 56.3 Å². The molecule has 0 saturated carbocycles.